The van der Waals surface area contributed by atoms with Crippen molar-refractivity contribution in [2.75, 3.05) is 38.8 Å². The Morgan fingerprint density at radius 1 is 0.667 bits per heavy atom. The number of hydrogen-bond donors (Lipinski definition) is 4. The van der Waals surface area contributed by atoms with E-state index in [1.807, 2.05) is 12.7 Å². The van der Waals surface area contributed by atoms with E-state index >= 15 is 0 Å². The number of carbonyl (C=O) groups excluding carboxylic acids is 2. The molecule has 0 aromatic carbocycles. The quantitative estimate of drug-likeness (QED) is 0.0654. The molecule has 0 aliphatic heterocycles. The highest BCUT2D eigenvalue weighted by molar-refractivity contribution is 6.66. The van der Waals surface area contributed by atoms with Crippen molar-refractivity contribution in [3.63, 3.8) is 0 Å². The average Bonchev–Trinajstić information content (AvgIpc) is 3.96. The summed E-state index contributed by atoms with van der Waals surface area (Å²) in [6.07, 6.45) is 26.5. The largest absolute Gasteiger partial charge is 0.365 e. The third kappa shape index (κ3) is 15.2. The molecule has 380 valence electrons. The van der Waals surface area contributed by atoms with Gasteiger partial charge in [-0.05, 0) is 194 Å². The second kappa shape index (κ2) is 25.6. The Morgan fingerprint density at radius 3 is 1.48 bits per heavy atom. The Morgan fingerprint density at radius 2 is 1.09 bits per heavy atom. The summed E-state index contributed by atoms with van der Waals surface area (Å²) in [5, 5.41) is 9.93. The highest BCUT2D eigenvalue weighted by Gasteiger charge is 2.29. The molecule has 5 N–H and O–H groups in total. The molecule has 4 saturated carbocycles. The van der Waals surface area contributed by atoms with Crippen LogP contribution in [0.3, 0.4) is 0 Å². The van der Waals surface area contributed by atoms with Gasteiger partial charge < -0.3 is 40.6 Å². The molecule has 17 heteroatoms. The highest BCUT2D eigenvalue weighted by Crippen LogP contribution is 2.33. The lowest BCUT2D eigenvalue weighted by Gasteiger charge is -2.32. The maximum absolute atomic E-state index is 11.8. The van der Waals surface area contributed by atoms with Crippen LogP contribution in [0.4, 0.5) is 11.6 Å². The second-order valence-corrected chi connectivity index (χ2v) is 21.6. The number of carbonyl (C=O) groups is 2. The number of nitrogens with zero attached hydrogens (tertiary/aromatic N) is 10. The van der Waals surface area contributed by atoms with E-state index in [4.69, 9.17) is 42.3 Å². The summed E-state index contributed by atoms with van der Waals surface area (Å²) >= 11 is 4.71. The van der Waals surface area contributed by atoms with E-state index in [0.717, 1.165) is 116 Å². The Bertz CT molecular complexity index is 2290. The van der Waals surface area contributed by atoms with Gasteiger partial charge in [0, 0.05) is 61.2 Å². The highest BCUT2D eigenvalue weighted by atomic mass is 35.5. The summed E-state index contributed by atoms with van der Waals surface area (Å²) in [6, 6.07) is 3.09. The lowest BCUT2D eigenvalue weighted by molar-refractivity contribution is -0.117. The third-order valence-corrected chi connectivity index (χ3v) is 15.0. The molecule has 0 spiro atoms. The van der Waals surface area contributed by atoms with E-state index in [1.54, 1.807) is 0 Å². The number of halogens is 1. The van der Waals surface area contributed by atoms with Gasteiger partial charge in [-0.25, -0.2) is 29.9 Å². The summed E-state index contributed by atoms with van der Waals surface area (Å²) < 4.78 is 4.31. The minimum absolute atomic E-state index is 0.1000. The van der Waals surface area contributed by atoms with Crippen LogP contribution in [0.5, 0.6) is 0 Å². The van der Waals surface area contributed by atoms with Crippen LogP contribution in [0.2, 0.25) is 0 Å². The van der Waals surface area contributed by atoms with Crippen molar-refractivity contribution in [3.05, 3.63) is 49.6 Å². The van der Waals surface area contributed by atoms with Crippen LogP contribution in [0.15, 0.2) is 38.0 Å². The summed E-state index contributed by atoms with van der Waals surface area (Å²) in [7, 11) is 8.77. The number of nitrogens with two attached hydrogens (primary N) is 1. The van der Waals surface area contributed by atoms with Gasteiger partial charge in [-0.15, -0.1) is 0 Å². The standard InChI is InChI=1S/C26H41N7O.C23H39N7.C3H3ClO/c1-6-23(34)28-19-8-7-9-20(15-19)29-25-24-26(33(16-27-24)17(2)3)31-22(30-25)14-18-10-12-21(13-11-18)32(4)5;1-15(2)30-14-25-21-22(26-18-7-5-6-17(24)13-18)27-20(28-23(21)30)12-16-8-10-19(11-9-16)29(3)4;1-2-3(4)5/h6,16-21H,1,7-15H2,2-5H3,(H,28,34)(H,29,30,31);14-19H,5-13,24H2,1-4H3,(H,26,27,28);2H,1H2. The molecule has 4 heterocycles. The van der Waals surface area contributed by atoms with Crippen molar-refractivity contribution in [3.8, 4) is 0 Å². The molecular weight excluding hydrogens is 888 g/mol. The van der Waals surface area contributed by atoms with Gasteiger partial charge in [-0.1, -0.05) is 13.2 Å². The van der Waals surface area contributed by atoms with Crippen molar-refractivity contribution in [1.82, 2.24) is 54.2 Å². The van der Waals surface area contributed by atoms with E-state index in [9.17, 15) is 9.59 Å². The van der Waals surface area contributed by atoms with Crippen LogP contribution in [0, 0.1) is 11.8 Å². The van der Waals surface area contributed by atoms with Crippen LogP contribution in [-0.2, 0) is 22.4 Å². The zero-order valence-corrected chi connectivity index (χ0v) is 43.7. The fourth-order valence-corrected chi connectivity index (χ4v) is 10.8. The van der Waals surface area contributed by atoms with Crippen molar-refractivity contribution >= 4 is 56.7 Å². The number of nitrogens with one attached hydrogen (secondary N) is 3. The summed E-state index contributed by atoms with van der Waals surface area (Å²) in [5.41, 5.74) is 9.83. The van der Waals surface area contributed by atoms with Crippen LogP contribution in [-0.4, -0.2) is 124 Å². The maximum atomic E-state index is 11.8. The first-order chi connectivity index (χ1) is 33.0. The minimum Gasteiger partial charge on any atom is -0.365 e. The molecular formula is C52H83ClN14O2. The predicted molar refractivity (Wildman–Crippen MR) is 281 cm³/mol. The molecule has 8 rings (SSSR count). The third-order valence-electron chi connectivity index (χ3n) is 14.8. The number of hydrogen-bond acceptors (Lipinski definition) is 13. The first-order valence-electron chi connectivity index (χ1n) is 25.8. The zero-order chi connectivity index (χ0) is 49.8. The molecule has 0 radical (unpaired) electrons. The van der Waals surface area contributed by atoms with E-state index in [1.165, 1.54) is 63.9 Å². The monoisotopic (exact) mass is 971 g/mol. The Hall–Kier alpha value is -4.51. The fraction of sp³-hybridized carbons (Fsp3) is 0.692. The molecule has 4 fully saturated rings. The molecule has 16 nitrogen and oxygen atoms in total. The first-order valence-corrected chi connectivity index (χ1v) is 26.2. The molecule has 4 aromatic rings. The van der Waals surface area contributed by atoms with E-state index in [2.05, 4.69) is 109 Å². The lowest BCUT2D eigenvalue weighted by Crippen LogP contribution is -2.41. The number of allylic oxidation sites excluding steroid dienone is 1. The van der Waals surface area contributed by atoms with Gasteiger partial charge in [0.2, 0.25) is 11.1 Å². The number of fused-ring (bicyclic) bond motifs is 2. The molecule has 4 atom stereocenters. The fourth-order valence-electron chi connectivity index (χ4n) is 10.8. The van der Waals surface area contributed by atoms with Gasteiger partial charge in [-0.2, -0.15) is 0 Å². The topological polar surface area (TPSA) is 190 Å². The molecule has 4 aromatic heterocycles. The van der Waals surface area contributed by atoms with Gasteiger partial charge in [0.05, 0.1) is 12.7 Å². The summed E-state index contributed by atoms with van der Waals surface area (Å²) in [5.74, 6) is 4.81. The zero-order valence-electron chi connectivity index (χ0n) is 43.0. The number of anilines is 2. The van der Waals surface area contributed by atoms with Gasteiger partial charge in [-0.3, -0.25) is 9.59 Å². The van der Waals surface area contributed by atoms with E-state index in [-0.39, 0.29) is 30.1 Å². The van der Waals surface area contributed by atoms with Gasteiger partial charge in [0.15, 0.2) is 22.9 Å². The molecule has 1 amide bonds. The normalized spacial score (nSPS) is 25.2. The summed E-state index contributed by atoms with van der Waals surface area (Å²) in [4.78, 5) is 55.3. The van der Waals surface area contributed by atoms with Crippen molar-refractivity contribution < 1.29 is 9.59 Å². The first kappa shape index (κ1) is 53.8. The van der Waals surface area contributed by atoms with E-state index in [0.29, 0.717) is 30.0 Å². The van der Waals surface area contributed by atoms with Crippen LogP contribution >= 0.6 is 11.6 Å². The second-order valence-electron chi connectivity index (χ2n) is 21.2. The number of amides is 1. The van der Waals surface area contributed by atoms with Crippen LogP contribution in [0.1, 0.15) is 154 Å². The lowest BCUT2D eigenvalue weighted by atomic mass is 9.83. The van der Waals surface area contributed by atoms with Crippen LogP contribution < -0.4 is 21.7 Å². The number of rotatable bonds is 15. The number of aromatic nitrogens is 8. The van der Waals surface area contributed by atoms with Crippen molar-refractivity contribution in [2.45, 2.75) is 192 Å². The minimum atomic E-state index is -0.509. The molecule has 0 bridgehead atoms. The van der Waals surface area contributed by atoms with Gasteiger partial charge >= 0.3 is 0 Å². The van der Waals surface area contributed by atoms with Crippen molar-refractivity contribution in [1.29, 1.82) is 0 Å². The smallest absolute Gasteiger partial charge is 0.244 e. The molecule has 4 aliphatic carbocycles. The summed E-state index contributed by atoms with van der Waals surface area (Å²) in [6.45, 7) is 15.3. The Labute approximate surface area is 416 Å². The molecule has 4 aliphatic rings. The average molecular weight is 972 g/mol. The van der Waals surface area contributed by atoms with E-state index < -0.39 is 5.24 Å². The van der Waals surface area contributed by atoms with Gasteiger partial charge in [0.1, 0.15) is 22.7 Å². The van der Waals surface area contributed by atoms with Crippen molar-refractivity contribution in [2.24, 2.45) is 17.6 Å². The molecule has 0 saturated heterocycles. The molecule has 4 unspecified atom stereocenters. The Kier molecular flexibility index (Phi) is 19.9. The van der Waals surface area contributed by atoms with Crippen LogP contribution in [0.25, 0.3) is 22.3 Å². The Balaban J connectivity index is 0.000000208. The SMILES string of the molecule is C=CC(=O)Cl.C=CC(=O)NC1CCCC(Nc2nc(CC3CCC(N(C)C)CC3)nc3c2ncn3C(C)C)C1.CC(C)n1cnc2c(NC3CCCC(N)C3)nc(CC3CCC(N(C)C)CC3)nc21. The number of imidazole rings is 2. The maximum Gasteiger partial charge on any atom is 0.244 e. The molecule has 69 heavy (non-hydrogen) atoms. The van der Waals surface area contributed by atoms with Gasteiger partial charge in [0.25, 0.3) is 0 Å². The predicted octanol–water partition coefficient (Wildman–Crippen LogP) is 8.79.